The molecule has 2 unspecified atom stereocenters. The van der Waals surface area contributed by atoms with Gasteiger partial charge in [0.15, 0.2) is 5.96 Å². The molecule has 2 aliphatic heterocycles. The Hall–Kier alpha value is -0.0400. The second-order valence-electron chi connectivity index (χ2n) is 6.16. The number of nitrogens with zero attached hydrogens (tertiary/aromatic N) is 3. The van der Waals surface area contributed by atoms with Crippen LogP contribution < -0.4 is 5.32 Å². The lowest BCUT2D eigenvalue weighted by molar-refractivity contribution is 0.264. The van der Waals surface area contributed by atoms with Crippen molar-refractivity contribution < 1.29 is 0 Å². The van der Waals surface area contributed by atoms with Crippen LogP contribution in [0.3, 0.4) is 0 Å². The van der Waals surface area contributed by atoms with Crippen LogP contribution in [0.4, 0.5) is 0 Å². The molecule has 0 saturated carbocycles. The van der Waals surface area contributed by atoms with Crippen LogP contribution in [0.5, 0.6) is 0 Å². The molecule has 0 amide bonds. The van der Waals surface area contributed by atoms with E-state index in [1.807, 2.05) is 0 Å². The molecule has 2 rings (SSSR count). The minimum absolute atomic E-state index is 0. The van der Waals surface area contributed by atoms with E-state index >= 15 is 0 Å². The molecule has 2 saturated heterocycles. The summed E-state index contributed by atoms with van der Waals surface area (Å²) >= 11 is 0. The lowest BCUT2D eigenvalue weighted by Crippen LogP contribution is -2.46. The molecule has 2 atom stereocenters. The second-order valence-corrected chi connectivity index (χ2v) is 6.16. The van der Waals surface area contributed by atoms with Crippen LogP contribution in [0, 0.1) is 5.92 Å². The summed E-state index contributed by atoms with van der Waals surface area (Å²) in [5.41, 5.74) is 0. The summed E-state index contributed by atoms with van der Waals surface area (Å²) in [6.07, 6.45) is 5.29. The van der Waals surface area contributed by atoms with Gasteiger partial charge in [0.2, 0.25) is 0 Å². The maximum atomic E-state index is 4.89. The van der Waals surface area contributed by atoms with Crippen LogP contribution in [0.15, 0.2) is 4.99 Å². The van der Waals surface area contributed by atoms with Crippen molar-refractivity contribution in [2.24, 2.45) is 10.9 Å². The normalized spacial score (nSPS) is 28.4. The van der Waals surface area contributed by atoms with Crippen molar-refractivity contribution >= 4 is 29.9 Å². The average molecular weight is 394 g/mol. The van der Waals surface area contributed by atoms with Gasteiger partial charge in [0.05, 0.1) is 6.54 Å². The Labute approximate surface area is 141 Å². The van der Waals surface area contributed by atoms with E-state index in [1.54, 1.807) is 0 Å². The van der Waals surface area contributed by atoms with Gasteiger partial charge in [-0.3, -0.25) is 4.99 Å². The van der Waals surface area contributed by atoms with Crippen LogP contribution in [0.2, 0.25) is 0 Å². The van der Waals surface area contributed by atoms with E-state index in [0.29, 0.717) is 6.04 Å². The Balaban J connectivity index is 0.00000200. The molecule has 2 heterocycles. The summed E-state index contributed by atoms with van der Waals surface area (Å²) < 4.78 is 0. The van der Waals surface area contributed by atoms with Crippen molar-refractivity contribution in [1.82, 2.24) is 15.1 Å². The van der Waals surface area contributed by atoms with Crippen molar-refractivity contribution in [3.8, 4) is 0 Å². The summed E-state index contributed by atoms with van der Waals surface area (Å²) in [4.78, 5) is 9.80. The van der Waals surface area contributed by atoms with Gasteiger partial charge in [-0.15, -0.1) is 24.0 Å². The number of likely N-dealkylation sites (N-methyl/N-ethyl adjacent to an activating group) is 1. The molecule has 4 nitrogen and oxygen atoms in total. The zero-order valence-electron chi connectivity index (χ0n) is 13.3. The van der Waals surface area contributed by atoms with Gasteiger partial charge in [0, 0.05) is 25.7 Å². The van der Waals surface area contributed by atoms with E-state index in [9.17, 15) is 0 Å². The first-order valence-corrected chi connectivity index (χ1v) is 7.94. The molecule has 5 heteroatoms. The number of nitrogens with one attached hydrogen (secondary N) is 1. The number of hydrogen-bond donors (Lipinski definition) is 1. The molecule has 0 spiro atoms. The number of piperidine rings is 1. The zero-order valence-corrected chi connectivity index (χ0v) is 15.6. The van der Waals surface area contributed by atoms with Crippen molar-refractivity contribution in [1.29, 1.82) is 0 Å². The summed E-state index contributed by atoms with van der Waals surface area (Å²) in [6.45, 7) is 9.97. The third kappa shape index (κ3) is 5.06. The molecule has 2 aliphatic rings. The van der Waals surface area contributed by atoms with Gasteiger partial charge in [-0.1, -0.05) is 6.92 Å². The predicted molar refractivity (Wildman–Crippen MR) is 97.0 cm³/mol. The second kappa shape index (κ2) is 9.07. The minimum Gasteiger partial charge on any atom is -0.357 e. The highest BCUT2D eigenvalue weighted by Gasteiger charge is 2.22. The van der Waals surface area contributed by atoms with E-state index in [4.69, 9.17) is 4.99 Å². The SMILES string of the molecule is CCNC(=NCC1CCCN1C)N1CCCC(C)C1.I. The maximum absolute atomic E-state index is 4.89. The van der Waals surface area contributed by atoms with Crippen molar-refractivity contribution in [2.75, 3.05) is 39.8 Å². The molecule has 0 bridgehead atoms. The van der Waals surface area contributed by atoms with Gasteiger partial charge < -0.3 is 15.1 Å². The van der Waals surface area contributed by atoms with Crippen LogP contribution in [0.1, 0.15) is 39.5 Å². The summed E-state index contributed by atoms with van der Waals surface area (Å²) in [5, 5.41) is 3.47. The van der Waals surface area contributed by atoms with E-state index in [-0.39, 0.29) is 24.0 Å². The highest BCUT2D eigenvalue weighted by atomic mass is 127. The number of aliphatic imine (C=N–C) groups is 1. The fraction of sp³-hybridized carbons (Fsp3) is 0.933. The van der Waals surface area contributed by atoms with Gasteiger partial charge in [-0.2, -0.15) is 0 Å². The van der Waals surface area contributed by atoms with Crippen molar-refractivity contribution in [3.05, 3.63) is 0 Å². The molecule has 118 valence electrons. The summed E-state index contributed by atoms with van der Waals surface area (Å²) in [7, 11) is 2.23. The highest BCUT2D eigenvalue weighted by molar-refractivity contribution is 14.0. The monoisotopic (exact) mass is 394 g/mol. The Kier molecular flexibility index (Phi) is 8.17. The van der Waals surface area contributed by atoms with E-state index in [1.165, 1.54) is 32.2 Å². The van der Waals surface area contributed by atoms with Gasteiger partial charge in [0.1, 0.15) is 0 Å². The zero-order chi connectivity index (χ0) is 13.7. The predicted octanol–water partition coefficient (Wildman–Crippen LogP) is 2.40. The number of halogens is 1. The third-order valence-corrected chi connectivity index (χ3v) is 4.41. The quantitative estimate of drug-likeness (QED) is 0.453. The van der Waals surface area contributed by atoms with Crippen LogP contribution in [0.25, 0.3) is 0 Å². The van der Waals surface area contributed by atoms with Gasteiger partial charge in [-0.05, 0) is 52.1 Å². The first-order valence-electron chi connectivity index (χ1n) is 7.94. The van der Waals surface area contributed by atoms with Crippen LogP contribution >= 0.6 is 24.0 Å². The molecule has 0 aromatic rings. The lowest BCUT2D eigenvalue weighted by Gasteiger charge is -2.34. The molecule has 2 fully saturated rings. The standard InChI is InChI=1S/C15H30N4.HI/c1-4-16-15(19-10-5-7-13(2)12-19)17-11-14-8-6-9-18(14)3;/h13-14H,4-12H2,1-3H3,(H,16,17);1H. The molecular weight excluding hydrogens is 363 g/mol. The molecule has 0 radical (unpaired) electrons. The minimum atomic E-state index is 0. The number of guanidine groups is 1. The Morgan fingerprint density at radius 3 is 2.60 bits per heavy atom. The first-order chi connectivity index (χ1) is 9.20. The molecular formula is C15H31IN4. The summed E-state index contributed by atoms with van der Waals surface area (Å²) in [5.74, 6) is 1.93. The van der Waals surface area contributed by atoms with E-state index in [0.717, 1.165) is 38.1 Å². The number of hydrogen-bond acceptors (Lipinski definition) is 2. The molecule has 0 aromatic heterocycles. The van der Waals surface area contributed by atoms with Gasteiger partial charge in [0.25, 0.3) is 0 Å². The lowest BCUT2D eigenvalue weighted by atomic mass is 10.0. The number of rotatable bonds is 3. The number of likely N-dealkylation sites (tertiary alicyclic amines) is 2. The Morgan fingerprint density at radius 1 is 1.25 bits per heavy atom. The largest absolute Gasteiger partial charge is 0.357 e. The van der Waals surface area contributed by atoms with E-state index < -0.39 is 0 Å². The van der Waals surface area contributed by atoms with Crippen LogP contribution in [-0.2, 0) is 0 Å². The Morgan fingerprint density at radius 2 is 2.00 bits per heavy atom. The van der Waals surface area contributed by atoms with Crippen molar-refractivity contribution in [3.63, 3.8) is 0 Å². The third-order valence-electron chi connectivity index (χ3n) is 4.41. The van der Waals surface area contributed by atoms with Gasteiger partial charge >= 0.3 is 0 Å². The fourth-order valence-corrected chi connectivity index (χ4v) is 3.21. The Bertz CT molecular complexity index is 308. The molecule has 1 N–H and O–H groups in total. The highest BCUT2D eigenvalue weighted by Crippen LogP contribution is 2.17. The molecule has 0 aromatic carbocycles. The fourth-order valence-electron chi connectivity index (χ4n) is 3.21. The van der Waals surface area contributed by atoms with Gasteiger partial charge in [-0.25, -0.2) is 0 Å². The topological polar surface area (TPSA) is 30.9 Å². The van der Waals surface area contributed by atoms with Crippen LogP contribution in [-0.4, -0.2) is 61.6 Å². The maximum Gasteiger partial charge on any atom is 0.193 e. The molecule has 20 heavy (non-hydrogen) atoms. The first kappa shape index (κ1) is 18.0. The molecule has 0 aliphatic carbocycles. The summed E-state index contributed by atoms with van der Waals surface area (Å²) in [6, 6.07) is 0.649. The average Bonchev–Trinajstić information content (AvgIpc) is 2.80. The smallest absolute Gasteiger partial charge is 0.193 e. The van der Waals surface area contributed by atoms with E-state index in [2.05, 4.69) is 36.0 Å². The van der Waals surface area contributed by atoms with Crippen molar-refractivity contribution in [2.45, 2.75) is 45.6 Å².